The summed E-state index contributed by atoms with van der Waals surface area (Å²) in [5.74, 6) is -0.596. The third-order valence-electron chi connectivity index (χ3n) is 3.30. The van der Waals surface area contributed by atoms with Gasteiger partial charge in [0, 0.05) is 6.04 Å². The molecule has 0 heterocycles. The number of carbonyl (C=O) groups is 2. The number of aryl methyl sites for hydroxylation is 2. The molecule has 1 aliphatic rings. The second-order valence-electron chi connectivity index (χ2n) is 5.20. The second-order valence-corrected chi connectivity index (χ2v) is 5.20. The Morgan fingerprint density at radius 1 is 1.35 bits per heavy atom. The number of hydrogen-bond acceptors (Lipinski definition) is 3. The maximum Gasteiger partial charge on any atom is 0.323 e. The highest BCUT2D eigenvalue weighted by atomic mass is 16.5. The number of carboxylic acid groups (broad SMARTS) is 1. The maximum atomic E-state index is 12.0. The zero-order valence-electron chi connectivity index (χ0n) is 11.8. The molecule has 0 saturated heterocycles. The number of carboxylic acids is 1. The molecule has 5 nitrogen and oxygen atoms in total. The average molecular weight is 277 g/mol. The highest BCUT2D eigenvalue weighted by Crippen LogP contribution is 2.27. The van der Waals surface area contributed by atoms with E-state index in [9.17, 15) is 9.59 Å². The maximum absolute atomic E-state index is 12.0. The molecule has 1 aromatic rings. The minimum Gasteiger partial charge on any atom is -0.483 e. The Labute approximate surface area is 118 Å². The van der Waals surface area contributed by atoms with Gasteiger partial charge in [0.05, 0.1) is 0 Å². The van der Waals surface area contributed by atoms with Gasteiger partial charge < -0.3 is 14.7 Å². The first-order valence-electron chi connectivity index (χ1n) is 6.68. The van der Waals surface area contributed by atoms with Gasteiger partial charge >= 0.3 is 5.97 Å². The Hall–Kier alpha value is -2.04. The quantitative estimate of drug-likeness (QED) is 0.860. The monoisotopic (exact) mass is 277 g/mol. The first-order chi connectivity index (χ1) is 9.47. The Balaban J connectivity index is 1.94. The standard InChI is InChI=1S/C15H19NO4/c1-10-3-6-13(11(2)7-10)20-9-14(17)16(8-15(18)19)12-4-5-12/h3,6-7,12H,4-5,8-9H2,1-2H3,(H,18,19). The normalized spacial score (nSPS) is 13.9. The van der Waals surface area contributed by atoms with Gasteiger partial charge in [0.15, 0.2) is 6.61 Å². The molecule has 1 N–H and O–H groups in total. The number of nitrogens with zero attached hydrogens (tertiary/aromatic N) is 1. The minimum atomic E-state index is -0.989. The van der Waals surface area contributed by atoms with Crippen molar-refractivity contribution in [2.45, 2.75) is 32.7 Å². The van der Waals surface area contributed by atoms with Crippen molar-refractivity contribution in [3.8, 4) is 5.75 Å². The van der Waals surface area contributed by atoms with Gasteiger partial charge in [-0.1, -0.05) is 17.7 Å². The fraction of sp³-hybridized carbons (Fsp3) is 0.467. The van der Waals surface area contributed by atoms with Gasteiger partial charge in [-0.2, -0.15) is 0 Å². The fourth-order valence-electron chi connectivity index (χ4n) is 2.14. The molecule has 0 bridgehead atoms. The van der Waals surface area contributed by atoms with E-state index in [1.165, 1.54) is 4.90 Å². The van der Waals surface area contributed by atoms with Gasteiger partial charge in [0.1, 0.15) is 12.3 Å². The lowest BCUT2D eigenvalue weighted by Crippen LogP contribution is -2.40. The van der Waals surface area contributed by atoms with E-state index in [-0.39, 0.29) is 25.1 Å². The van der Waals surface area contributed by atoms with E-state index in [0.717, 1.165) is 24.0 Å². The molecule has 20 heavy (non-hydrogen) atoms. The predicted octanol–water partition coefficient (Wildman–Crippen LogP) is 1.76. The van der Waals surface area contributed by atoms with E-state index in [1.807, 2.05) is 32.0 Å². The molecule has 1 aliphatic carbocycles. The van der Waals surface area contributed by atoms with Crippen LogP contribution in [-0.4, -0.2) is 41.1 Å². The minimum absolute atomic E-state index is 0.0707. The summed E-state index contributed by atoms with van der Waals surface area (Å²) < 4.78 is 5.51. The van der Waals surface area contributed by atoms with E-state index < -0.39 is 5.97 Å². The molecule has 0 aliphatic heterocycles. The molecule has 0 unspecified atom stereocenters. The van der Waals surface area contributed by atoms with Crippen LogP contribution in [0.5, 0.6) is 5.75 Å². The van der Waals surface area contributed by atoms with E-state index >= 15 is 0 Å². The van der Waals surface area contributed by atoms with Crippen LogP contribution in [0.25, 0.3) is 0 Å². The van der Waals surface area contributed by atoms with E-state index in [1.54, 1.807) is 0 Å². The van der Waals surface area contributed by atoms with Gasteiger partial charge in [-0.3, -0.25) is 9.59 Å². The lowest BCUT2D eigenvalue weighted by atomic mass is 10.1. The van der Waals surface area contributed by atoms with Gasteiger partial charge in [0.2, 0.25) is 0 Å². The molecule has 2 rings (SSSR count). The average Bonchev–Trinajstić information content (AvgIpc) is 3.18. The largest absolute Gasteiger partial charge is 0.483 e. The zero-order valence-corrected chi connectivity index (χ0v) is 11.8. The van der Waals surface area contributed by atoms with E-state index in [4.69, 9.17) is 9.84 Å². The van der Waals surface area contributed by atoms with E-state index in [0.29, 0.717) is 5.75 Å². The third-order valence-corrected chi connectivity index (χ3v) is 3.30. The number of amides is 1. The van der Waals surface area contributed by atoms with Crippen LogP contribution in [0.4, 0.5) is 0 Å². The summed E-state index contributed by atoms with van der Waals surface area (Å²) in [6.45, 7) is 3.54. The Bertz CT molecular complexity index is 523. The van der Waals surface area contributed by atoms with Crippen molar-refractivity contribution in [1.29, 1.82) is 0 Å². The fourth-order valence-corrected chi connectivity index (χ4v) is 2.14. The van der Waals surface area contributed by atoms with Crippen molar-refractivity contribution in [2.24, 2.45) is 0 Å². The first kappa shape index (κ1) is 14.4. The van der Waals surface area contributed by atoms with Crippen LogP contribution >= 0.6 is 0 Å². The summed E-state index contributed by atoms with van der Waals surface area (Å²) in [4.78, 5) is 24.2. The predicted molar refractivity (Wildman–Crippen MR) is 73.8 cm³/mol. The molecule has 1 aromatic carbocycles. The first-order valence-corrected chi connectivity index (χ1v) is 6.68. The van der Waals surface area contributed by atoms with Crippen molar-refractivity contribution in [3.05, 3.63) is 29.3 Å². The molecule has 1 amide bonds. The molecule has 0 atom stereocenters. The zero-order chi connectivity index (χ0) is 14.7. The third kappa shape index (κ3) is 3.73. The molecule has 0 aromatic heterocycles. The summed E-state index contributed by atoms with van der Waals surface area (Å²) in [6, 6.07) is 5.80. The molecule has 1 fully saturated rings. The van der Waals surface area contributed by atoms with Crippen LogP contribution in [0.3, 0.4) is 0 Å². The van der Waals surface area contributed by atoms with Crippen molar-refractivity contribution in [3.63, 3.8) is 0 Å². The summed E-state index contributed by atoms with van der Waals surface area (Å²) in [6.07, 6.45) is 1.76. The molecule has 0 radical (unpaired) electrons. The van der Waals surface area contributed by atoms with Crippen LogP contribution in [0.2, 0.25) is 0 Å². The molecular formula is C15H19NO4. The number of carbonyl (C=O) groups excluding carboxylic acids is 1. The SMILES string of the molecule is Cc1ccc(OCC(=O)N(CC(=O)O)C2CC2)c(C)c1. The van der Waals surface area contributed by atoms with Gasteiger partial charge in [-0.25, -0.2) is 0 Å². The number of hydrogen-bond donors (Lipinski definition) is 1. The number of ether oxygens (including phenoxy) is 1. The Morgan fingerprint density at radius 2 is 2.05 bits per heavy atom. The number of rotatable bonds is 6. The van der Waals surface area contributed by atoms with Gasteiger partial charge in [-0.05, 0) is 38.3 Å². The molecule has 108 valence electrons. The van der Waals surface area contributed by atoms with Gasteiger partial charge in [0.25, 0.3) is 5.91 Å². The van der Waals surface area contributed by atoms with E-state index in [2.05, 4.69) is 0 Å². The lowest BCUT2D eigenvalue weighted by Gasteiger charge is -2.20. The van der Waals surface area contributed by atoms with Crippen molar-refractivity contribution in [1.82, 2.24) is 4.90 Å². The van der Waals surface area contributed by atoms with Crippen molar-refractivity contribution >= 4 is 11.9 Å². The summed E-state index contributed by atoms with van der Waals surface area (Å²) in [5.41, 5.74) is 2.10. The van der Waals surface area contributed by atoms with Gasteiger partial charge in [-0.15, -0.1) is 0 Å². The van der Waals surface area contributed by atoms with Crippen LogP contribution < -0.4 is 4.74 Å². The van der Waals surface area contributed by atoms with Crippen LogP contribution in [0, 0.1) is 13.8 Å². The molecular weight excluding hydrogens is 258 g/mol. The summed E-state index contributed by atoms with van der Waals surface area (Å²) in [5, 5.41) is 8.83. The van der Waals surface area contributed by atoms with Crippen molar-refractivity contribution in [2.75, 3.05) is 13.2 Å². The summed E-state index contributed by atoms with van der Waals surface area (Å²) in [7, 11) is 0. The molecule has 5 heteroatoms. The lowest BCUT2D eigenvalue weighted by molar-refractivity contribution is -0.145. The smallest absolute Gasteiger partial charge is 0.323 e. The van der Waals surface area contributed by atoms with Crippen molar-refractivity contribution < 1.29 is 19.4 Å². The second kappa shape index (κ2) is 5.94. The van der Waals surface area contributed by atoms with Crippen LogP contribution in [-0.2, 0) is 9.59 Å². The number of aliphatic carboxylic acids is 1. The molecule has 1 saturated carbocycles. The van der Waals surface area contributed by atoms with Crippen LogP contribution in [0.1, 0.15) is 24.0 Å². The Kier molecular flexibility index (Phi) is 4.27. The van der Waals surface area contributed by atoms with Crippen LogP contribution in [0.15, 0.2) is 18.2 Å². The topological polar surface area (TPSA) is 66.8 Å². The Morgan fingerprint density at radius 3 is 2.60 bits per heavy atom. The highest BCUT2D eigenvalue weighted by molar-refractivity contribution is 5.83. The number of benzene rings is 1. The highest BCUT2D eigenvalue weighted by Gasteiger charge is 2.33. The molecule has 0 spiro atoms. The summed E-state index contributed by atoms with van der Waals surface area (Å²) >= 11 is 0.